The number of benzene rings is 1. The summed E-state index contributed by atoms with van der Waals surface area (Å²) in [6.45, 7) is 8.14. The van der Waals surface area contributed by atoms with Gasteiger partial charge in [-0.1, -0.05) is 26.8 Å². The molecule has 0 radical (unpaired) electrons. The van der Waals surface area contributed by atoms with E-state index in [0.717, 1.165) is 6.42 Å². The van der Waals surface area contributed by atoms with Gasteiger partial charge in [0.25, 0.3) is 0 Å². The maximum absolute atomic E-state index is 11.3. The minimum absolute atomic E-state index is 0.0625. The van der Waals surface area contributed by atoms with Crippen molar-refractivity contribution in [2.45, 2.75) is 39.5 Å². The van der Waals surface area contributed by atoms with Gasteiger partial charge < -0.3 is 14.8 Å². The fraction of sp³-hybridized carbons (Fsp3) is 0.533. The van der Waals surface area contributed by atoms with Crippen LogP contribution in [0, 0.1) is 0 Å². The monoisotopic (exact) mass is 265 g/mol. The van der Waals surface area contributed by atoms with Gasteiger partial charge in [-0.25, -0.2) is 0 Å². The Labute approximate surface area is 115 Å². The largest absolute Gasteiger partial charge is 0.465 e. The van der Waals surface area contributed by atoms with Gasteiger partial charge in [0.1, 0.15) is 5.75 Å². The normalized spacial score (nSPS) is 11.2. The van der Waals surface area contributed by atoms with E-state index in [-0.39, 0.29) is 18.1 Å². The van der Waals surface area contributed by atoms with Crippen molar-refractivity contribution in [1.82, 2.24) is 0 Å². The molecule has 0 spiro atoms. The van der Waals surface area contributed by atoms with Crippen molar-refractivity contribution < 1.29 is 14.3 Å². The molecule has 0 aromatic heterocycles. The zero-order chi connectivity index (χ0) is 14.5. The second kappa shape index (κ2) is 6.57. The molecule has 0 bridgehead atoms. The van der Waals surface area contributed by atoms with Crippen LogP contribution >= 0.6 is 0 Å². The van der Waals surface area contributed by atoms with Crippen LogP contribution in [0.15, 0.2) is 18.2 Å². The van der Waals surface area contributed by atoms with Gasteiger partial charge in [-0.15, -0.1) is 0 Å². The highest BCUT2D eigenvalue weighted by Crippen LogP contribution is 2.33. The van der Waals surface area contributed by atoms with Crippen molar-refractivity contribution in [2.75, 3.05) is 19.2 Å². The maximum Gasteiger partial charge on any atom is 0.221 e. The summed E-state index contributed by atoms with van der Waals surface area (Å²) in [5, 5.41) is 2.80. The Balaban J connectivity index is 3.10. The lowest BCUT2D eigenvalue weighted by Crippen LogP contribution is -2.17. The van der Waals surface area contributed by atoms with Gasteiger partial charge in [-0.3, -0.25) is 4.79 Å². The van der Waals surface area contributed by atoms with E-state index in [1.807, 2.05) is 18.2 Å². The molecule has 0 saturated carbocycles. The Kier molecular flexibility index (Phi) is 5.36. The number of anilines is 1. The number of carbonyl (C=O) groups is 1. The first-order chi connectivity index (χ1) is 8.90. The number of hydrogen-bond acceptors (Lipinski definition) is 3. The summed E-state index contributed by atoms with van der Waals surface area (Å²) in [4.78, 5) is 11.3. The minimum atomic E-state index is -0.117. The molecular weight excluding hydrogens is 242 g/mol. The summed E-state index contributed by atoms with van der Waals surface area (Å²) in [6, 6.07) is 5.87. The second-order valence-electron chi connectivity index (χ2n) is 5.18. The van der Waals surface area contributed by atoms with E-state index in [1.165, 1.54) is 12.5 Å². The van der Waals surface area contributed by atoms with E-state index in [0.29, 0.717) is 11.4 Å². The molecule has 0 aliphatic rings. The average molecular weight is 265 g/mol. The quantitative estimate of drug-likeness (QED) is 0.803. The molecule has 0 unspecified atom stereocenters. The third-order valence-electron chi connectivity index (χ3n) is 3.29. The van der Waals surface area contributed by atoms with Crippen molar-refractivity contribution in [2.24, 2.45) is 0 Å². The first kappa shape index (κ1) is 15.5. The Morgan fingerprint density at radius 2 is 2.05 bits per heavy atom. The smallest absolute Gasteiger partial charge is 0.221 e. The maximum atomic E-state index is 11.3. The third-order valence-corrected chi connectivity index (χ3v) is 3.29. The van der Waals surface area contributed by atoms with Crippen LogP contribution in [0.4, 0.5) is 5.69 Å². The standard InChI is InChI=1S/C15H23NO3/c1-6-15(3,4)12-7-8-14(19-10-18-5)13(9-12)16-11(2)17/h7-9H,6,10H2,1-5H3,(H,16,17). The molecule has 0 fully saturated rings. The van der Waals surface area contributed by atoms with Gasteiger partial charge in [0.15, 0.2) is 6.79 Å². The van der Waals surface area contributed by atoms with Gasteiger partial charge in [0.05, 0.1) is 5.69 Å². The summed E-state index contributed by atoms with van der Waals surface area (Å²) in [7, 11) is 1.56. The van der Waals surface area contributed by atoms with Gasteiger partial charge in [-0.05, 0) is 29.5 Å². The molecule has 0 heterocycles. The van der Waals surface area contributed by atoms with Crippen molar-refractivity contribution in [3.63, 3.8) is 0 Å². The van der Waals surface area contributed by atoms with Crippen LogP contribution < -0.4 is 10.1 Å². The van der Waals surface area contributed by atoms with Crippen molar-refractivity contribution in [3.8, 4) is 5.75 Å². The van der Waals surface area contributed by atoms with Crippen LogP contribution in [0.25, 0.3) is 0 Å². The molecule has 1 rings (SSSR count). The molecule has 19 heavy (non-hydrogen) atoms. The number of amides is 1. The van der Waals surface area contributed by atoms with E-state index >= 15 is 0 Å². The number of carbonyl (C=O) groups excluding carboxylic acids is 1. The van der Waals surface area contributed by atoms with Crippen LogP contribution in [-0.2, 0) is 14.9 Å². The lowest BCUT2D eigenvalue weighted by molar-refractivity contribution is -0.114. The molecule has 0 aliphatic heterocycles. The molecule has 0 atom stereocenters. The number of rotatable bonds is 6. The van der Waals surface area contributed by atoms with E-state index in [4.69, 9.17) is 9.47 Å². The molecule has 4 nitrogen and oxygen atoms in total. The Morgan fingerprint density at radius 3 is 2.58 bits per heavy atom. The Bertz CT molecular complexity index is 441. The number of ether oxygens (including phenoxy) is 2. The van der Waals surface area contributed by atoms with Gasteiger partial charge in [0.2, 0.25) is 5.91 Å². The van der Waals surface area contributed by atoms with Crippen LogP contribution in [0.3, 0.4) is 0 Å². The summed E-state index contributed by atoms with van der Waals surface area (Å²) in [5.74, 6) is 0.501. The van der Waals surface area contributed by atoms with Crippen LogP contribution in [0.2, 0.25) is 0 Å². The summed E-state index contributed by atoms with van der Waals surface area (Å²) >= 11 is 0. The molecule has 1 amide bonds. The predicted molar refractivity (Wildman–Crippen MR) is 76.6 cm³/mol. The molecule has 1 aromatic rings. The molecule has 1 aromatic carbocycles. The topological polar surface area (TPSA) is 47.6 Å². The van der Waals surface area contributed by atoms with E-state index in [9.17, 15) is 4.79 Å². The lowest BCUT2D eigenvalue weighted by Gasteiger charge is -2.24. The Morgan fingerprint density at radius 1 is 1.37 bits per heavy atom. The van der Waals surface area contributed by atoms with E-state index in [2.05, 4.69) is 26.1 Å². The molecule has 1 N–H and O–H groups in total. The Hall–Kier alpha value is -1.55. The highest BCUT2D eigenvalue weighted by molar-refractivity contribution is 5.90. The van der Waals surface area contributed by atoms with Gasteiger partial charge in [-0.2, -0.15) is 0 Å². The third kappa shape index (κ3) is 4.24. The average Bonchev–Trinajstić information content (AvgIpc) is 2.36. The summed E-state index contributed by atoms with van der Waals surface area (Å²) < 4.78 is 10.3. The molecule has 106 valence electrons. The van der Waals surface area contributed by atoms with Gasteiger partial charge in [0, 0.05) is 14.0 Å². The highest BCUT2D eigenvalue weighted by Gasteiger charge is 2.20. The van der Waals surface area contributed by atoms with Crippen molar-refractivity contribution >= 4 is 11.6 Å². The molecular formula is C15H23NO3. The SMILES string of the molecule is CCC(C)(C)c1ccc(OCOC)c(NC(C)=O)c1. The molecule has 0 aliphatic carbocycles. The fourth-order valence-electron chi connectivity index (χ4n) is 1.69. The minimum Gasteiger partial charge on any atom is -0.465 e. The number of nitrogens with one attached hydrogen (secondary N) is 1. The highest BCUT2D eigenvalue weighted by atomic mass is 16.7. The summed E-state index contributed by atoms with van der Waals surface area (Å²) in [6.07, 6.45) is 1.02. The zero-order valence-corrected chi connectivity index (χ0v) is 12.4. The number of hydrogen-bond donors (Lipinski definition) is 1. The summed E-state index contributed by atoms with van der Waals surface area (Å²) in [5.41, 5.74) is 1.92. The fourth-order valence-corrected chi connectivity index (χ4v) is 1.69. The second-order valence-corrected chi connectivity index (χ2v) is 5.18. The van der Waals surface area contributed by atoms with Crippen LogP contribution in [-0.4, -0.2) is 19.8 Å². The zero-order valence-electron chi connectivity index (χ0n) is 12.4. The predicted octanol–water partition coefficient (Wildman–Crippen LogP) is 3.32. The molecule has 0 saturated heterocycles. The number of methoxy groups -OCH3 is 1. The van der Waals surface area contributed by atoms with E-state index in [1.54, 1.807) is 7.11 Å². The first-order valence-electron chi connectivity index (χ1n) is 6.44. The lowest BCUT2D eigenvalue weighted by atomic mass is 9.82. The van der Waals surface area contributed by atoms with Crippen LogP contribution in [0.5, 0.6) is 5.75 Å². The van der Waals surface area contributed by atoms with Crippen LogP contribution in [0.1, 0.15) is 39.7 Å². The van der Waals surface area contributed by atoms with Gasteiger partial charge >= 0.3 is 0 Å². The molecule has 4 heteroatoms. The van der Waals surface area contributed by atoms with Crippen molar-refractivity contribution in [3.05, 3.63) is 23.8 Å². The first-order valence-corrected chi connectivity index (χ1v) is 6.44. The van der Waals surface area contributed by atoms with Crippen molar-refractivity contribution in [1.29, 1.82) is 0 Å². The van der Waals surface area contributed by atoms with E-state index < -0.39 is 0 Å².